The molecule has 5 rings (SSSR count). The number of ether oxygens (including phenoxy) is 2. The second kappa shape index (κ2) is 10.2. The Balaban J connectivity index is 2.00. The number of aliphatic carboxylic acids is 1. The molecule has 0 aliphatic carbocycles. The average Bonchev–Trinajstić information content (AvgIpc) is 2.90. The highest BCUT2D eigenvalue weighted by molar-refractivity contribution is 7.93. The first-order valence-corrected chi connectivity index (χ1v) is 15.5. The first-order chi connectivity index (χ1) is 19.5. The van der Waals surface area contributed by atoms with E-state index in [1.807, 2.05) is 13.0 Å². The number of hydrogen-bond donors (Lipinski definition) is 3. The molecule has 0 bridgehead atoms. The molecule has 2 aliphatic heterocycles. The predicted molar refractivity (Wildman–Crippen MR) is 160 cm³/mol. The van der Waals surface area contributed by atoms with Gasteiger partial charge in [0.1, 0.15) is 22.3 Å². The Morgan fingerprint density at radius 1 is 1.10 bits per heavy atom. The average molecular weight is 600 g/mol. The molecule has 0 aromatic heterocycles. The summed E-state index contributed by atoms with van der Waals surface area (Å²) in [5.74, 6) is -2.68. The van der Waals surface area contributed by atoms with Crippen LogP contribution in [-0.4, -0.2) is 40.3 Å². The van der Waals surface area contributed by atoms with Crippen molar-refractivity contribution in [3.63, 3.8) is 0 Å². The molecule has 3 N–H and O–H groups in total. The van der Waals surface area contributed by atoms with E-state index in [1.165, 1.54) is 16.6 Å². The number of carboxylic acid groups (broad SMARTS) is 1. The van der Waals surface area contributed by atoms with Crippen LogP contribution in [0, 0.1) is 37.2 Å². The maximum Gasteiger partial charge on any atom is 0.337 e. The highest BCUT2D eigenvalue weighted by Gasteiger charge is 2.39. The number of hydrogen-bond acceptors (Lipinski definition) is 6. The van der Waals surface area contributed by atoms with Crippen LogP contribution >= 0.6 is 0 Å². The van der Waals surface area contributed by atoms with Gasteiger partial charge in [0, 0.05) is 29.5 Å². The molecule has 0 fully saturated rings. The van der Waals surface area contributed by atoms with Crippen molar-refractivity contribution in [2.24, 2.45) is 0 Å². The van der Waals surface area contributed by atoms with Gasteiger partial charge < -0.3 is 19.9 Å². The van der Waals surface area contributed by atoms with Gasteiger partial charge in [-0.2, -0.15) is 0 Å². The zero-order valence-electron chi connectivity index (χ0n) is 24.7. The minimum atomic E-state index is -3.44. The molecule has 3 aromatic carbocycles. The number of halogens is 2. The Morgan fingerprint density at radius 2 is 1.79 bits per heavy atom. The van der Waals surface area contributed by atoms with Crippen LogP contribution < -0.4 is 14.4 Å². The number of rotatable bonds is 5. The van der Waals surface area contributed by atoms with Crippen molar-refractivity contribution >= 4 is 27.3 Å². The summed E-state index contributed by atoms with van der Waals surface area (Å²) < 4.78 is 65.7. The molecule has 2 heterocycles. The van der Waals surface area contributed by atoms with Gasteiger partial charge in [-0.25, -0.2) is 22.6 Å². The van der Waals surface area contributed by atoms with Crippen molar-refractivity contribution in [2.75, 3.05) is 29.0 Å². The van der Waals surface area contributed by atoms with Crippen molar-refractivity contribution in [1.82, 2.24) is 0 Å². The summed E-state index contributed by atoms with van der Waals surface area (Å²) in [7, 11) is -3.44. The molecule has 0 radical (unpaired) electrons. The normalized spacial score (nSPS) is 16.4. The van der Waals surface area contributed by atoms with E-state index in [4.69, 9.17) is 14.3 Å². The van der Waals surface area contributed by atoms with Gasteiger partial charge in [0.05, 0.1) is 23.5 Å². The van der Waals surface area contributed by atoms with Gasteiger partial charge >= 0.3 is 5.97 Å². The molecule has 0 amide bonds. The molecule has 2 aliphatic rings. The summed E-state index contributed by atoms with van der Waals surface area (Å²) in [4.78, 5) is 12.9. The quantitative estimate of drug-likeness (QED) is 0.295. The van der Waals surface area contributed by atoms with Crippen LogP contribution in [0.2, 0.25) is 0 Å². The Morgan fingerprint density at radius 3 is 2.40 bits per heavy atom. The van der Waals surface area contributed by atoms with Crippen LogP contribution in [0.15, 0.2) is 24.3 Å². The molecule has 0 saturated heterocycles. The SMILES string of the molecule is Cc1c(-c2c(C)c3c(c(C)c2[C@H](OC(C)(C)C)C(=O)O)N(S(C)(=N)=O)Cc2ccc(F)c(F)c2-3)ccc2c1NCCO2. The van der Waals surface area contributed by atoms with Crippen molar-refractivity contribution in [3.8, 4) is 28.0 Å². The van der Waals surface area contributed by atoms with Crippen LogP contribution in [0.25, 0.3) is 22.3 Å². The lowest BCUT2D eigenvalue weighted by atomic mass is 9.79. The third kappa shape index (κ3) is 4.88. The van der Waals surface area contributed by atoms with E-state index in [9.17, 15) is 18.5 Å². The largest absolute Gasteiger partial charge is 0.490 e. The lowest BCUT2D eigenvalue weighted by Crippen LogP contribution is -2.34. The topological polar surface area (TPSA) is 112 Å². The van der Waals surface area contributed by atoms with Crippen molar-refractivity contribution in [1.29, 1.82) is 4.78 Å². The minimum Gasteiger partial charge on any atom is -0.490 e. The fraction of sp³-hybridized carbons (Fsp3) is 0.387. The van der Waals surface area contributed by atoms with E-state index in [1.54, 1.807) is 40.7 Å². The maximum atomic E-state index is 15.7. The van der Waals surface area contributed by atoms with Gasteiger partial charge in [0.25, 0.3) is 0 Å². The smallest absolute Gasteiger partial charge is 0.337 e. The van der Waals surface area contributed by atoms with Crippen LogP contribution in [-0.2, 0) is 26.0 Å². The van der Waals surface area contributed by atoms with E-state index < -0.39 is 39.2 Å². The Kier molecular flexibility index (Phi) is 7.26. The van der Waals surface area contributed by atoms with E-state index in [0.29, 0.717) is 52.3 Å². The van der Waals surface area contributed by atoms with Gasteiger partial charge in [0.15, 0.2) is 17.7 Å². The van der Waals surface area contributed by atoms with Crippen molar-refractivity contribution < 1.29 is 32.4 Å². The third-order valence-corrected chi connectivity index (χ3v) is 8.90. The summed E-state index contributed by atoms with van der Waals surface area (Å²) in [6.45, 7) is 11.5. The van der Waals surface area contributed by atoms with Gasteiger partial charge in [-0.15, -0.1) is 0 Å². The zero-order chi connectivity index (χ0) is 30.9. The minimum absolute atomic E-state index is 0.0130. The van der Waals surface area contributed by atoms with Crippen LogP contribution in [0.4, 0.5) is 20.2 Å². The molecule has 11 heteroatoms. The monoisotopic (exact) mass is 599 g/mol. The van der Waals surface area contributed by atoms with Gasteiger partial charge in [0.2, 0.25) is 0 Å². The first kappa shape index (κ1) is 29.8. The number of anilines is 2. The second-order valence-corrected chi connectivity index (χ2v) is 13.9. The summed E-state index contributed by atoms with van der Waals surface area (Å²) in [5.41, 5.74) is 3.81. The molecule has 0 saturated carbocycles. The third-order valence-electron chi connectivity index (χ3n) is 7.75. The molecule has 2 atom stereocenters. The maximum absolute atomic E-state index is 15.7. The Hall–Kier alpha value is -3.70. The van der Waals surface area contributed by atoms with E-state index in [2.05, 4.69) is 5.32 Å². The number of carboxylic acids is 1. The zero-order valence-corrected chi connectivity index (χ0v) is 25.5. The molecule has 42 heavy (non-hydrogen) atoms. The highest BCUT2D eigenvalue weighted by atomic mass is 32.2. The lowest BCUT2D eigenvalue weighted by molar-refractivity contribution is -0.160. The number of nitrogens with one attached hydrogen (secondary N) is 2. The van der Waals surface area contributed by atoms with Gasteiger partial charge in [-0.1, -0.05) is 12.1 Å². The molecule has 224 valence electrons. The second-order valence-electron chi connectivity index (χ2n) is 11.8. The summed E-state index contributed by atoms with van der Waals surface area (Å²) in [6, 6.07) is 6.08. The van der Waals surface area contributed by atoms with E-state index >= 15 is 4.39 Å². The molecule has 3 aromatic rings. The molecule has 8 nitrogen and oxygen atoms in total. The van der Waals surface area contributed by atoms with Gasteiger partial charge in [-0.05, 0) is 87.1 Å². The standard InChI is InChI=1S/C31H35F2N3O5S/c1-15-19(9-11-21-27(15)35-12-13-40-21)22-16(2)23-25-18(8-10-20(32)26(25)33)14-36(42(7,34)39)28(23)17(3)24(22)29(30(37)38)41-31(4,5)6/h8-11,29,34-35H,12-14H2,1-7H3,(H,37,38)/t29-,42?/m0/s1. The van der Waals surface area contributed by atoms with E-state index in [0.717, 1.165) is 17.3 Å². The molecule has 1 unspecified atom stereocenters. The predicted octanol–water partition coefficient (Wildman–Crippen LogP) is 6.88. The van der Waals surface area contributed by atoms with E-state index in [-0.39, 0.29) is 23.4 Å². The van der Waals surface area contributed by atoms with Crippen LogP contribution in [0.3, 0.4) is 0 Å². The molecule has 0 spiro atoms. The summed E-state index contributed by atoms with van der Waals surface area (Å²) in [5, 5.41) is 13.9. The summed E-state index contributed by atoms with van der Waals surface area (Å²) in [6.07, 6.45) is -0.216. The Bertz CT molecular complexity index is 1750. The number of nitrogens with zero attached hydrogens (tertiary/aromatic N) is 1. The van der Waals surface area contributed by atoms with Crippen molar-refractivity contribution in [3.05, 3.63) is 63.7 Å². The fourth-order valence-corrected chi connectivity index (χ4v) is 7.01. The number of benzene rings is 3. The van der Waals surface area contributed by atoms with Gasteiger partial charge in [-0.3, -0.25) is 4.31 Å². The Labute approximate surface area is 244 Å². The van der Waals surface area contributed by atoms with Crippen LogP contribution in [0.1, 0.15) is 54.7 Å². The number of fused-ring (bicyclic) bond motifs is 4. The number of carbonyl (C=O) groups is 1. The lowest BCUT2D eigenvalue weighted by Gasteiger charge is -2.38. The molecular weight excluding hydrogens is 564 g/mol. The highest BCUT2D eigenvalue weighted by Crippen LogP contribution is 2.53. The fourth-order valence-electron chi connectivity index (χ4n) is 6.04. The summed E-state index contributed by atoms with van der Waals surface area (Å²) >= 11 is 0. The van der Waals surface area contributed by atoms with Crippen molar-refractivity contribution in [2.45, 2.75) is 59.8 Å². The molecular formula is C31H35F2N3O5S. The van der Waals surface area contributed by atoms with Crippen LogP contribution in [0.5, 0.6) is 5.75 Å². The first-order valence-electron chi connectivity index (χ1n) is 13.6.